The number of urea groups is 1. The quantitative estimate of drug-likeness (QED) is 0.767. The molecule has 0 aliphatic carbocycles. The molecule has 3 aliphatic heterocycles. The van der Waals surface area contributed by atoms with E-state index in [-0.39, 0.29) is 24.0 Å². The van der Waals surface area contributed by atoms with E-state index in [0.29, 0.717) is 12.3 Å². The molecule has 5 heteroatoms. The summed E-state index contributed by atoms with van der Waals surface area (Å²) in [7, 11) is 0. The van der Waals surface area contributed by atoms with Crippen LogP contribution in [-0.2, 0) is 4.79 Å². The van der Waals surface area contributed by atoms with Crippen LogP contribution in [0.25, 0.3) is 0 Å². The highest BCUT2D eigenvalue weighted by Crippen LogP contribution is 2.42. The maximum absolute atomic E-state index is 12.5. The molecule has 3 fully saturated rings. The molecule has 5 nitrogen and oxygen atoms in total. The Morgan fingerprint density at radius 3 is 2.56 bits per heavy atom. The number of rotatable bonds is 1. The molecule has 2 bridgehead atoms. The Bertz CT molecular complexity index is 384. The van der Waals surface area contributed by atoms with Gasteiger partial charge >= 0.3 is 12.0 Å². The molecule has 0 aromatic heterocycles. The molecule has 0 saturated carbocycles. The van der Waals surface area contributed by atoms with Gasteiger partial charge in [0.05, 0.1) is 5.92 Å². The standard InChI is InChI=1S/C13H20N2O3/c1-8-4-5-14(7-8)13(18)15-9-2-3-11(15)10(6-9)12(16)17/h8-11H,2-7H2,1H3,(H,16,17). The third-order valence-electron chi connectivity index (χ3n) is 4.77. The number of likely N-dealkylation sites (tertiary alicyclic amines) is 1. The summed E-state index contributed by atoms with van der Waals surface area (Å²) >= 11 is 0. The highest BCUT2D eigenvalue weighted by atomic mass is 16.4. The fourth-order valence-corrected chi connectivity index (χ4v) is 3.82. The summed E-state index contributed by atoms with van der Waals surface area (Å²) in [5.41, 5.74) is 0. The van der Waals surface area contributed by atoms with Crippen molar-refractivity contribution >= 4 is 12.0 Å². The minimum absolute atomic E-state index is 0.0593. The van der Waals surface area contributed by atoms with Gasteiger partial charge in [-0.05, 0) is 31.6 Å². The van der Waals surface area contributed by atoms with Crippen molar-refractivity contribution in [3.63, 3.8) is 0 Å². The van der Waals surface area contributed by atoms with Crippen molar-refractivity contribution < 1.29 is 14.7 Å². The fraction of sp³-hybridized carbons (Fsp3) is 0.846. The highest BCUT2D eigenvalue weighted by Gasteiger charge is 2.52. The summed E-state index contributed by atoms with van der Waals surface area (Å²) in [5.74, 6) is -0.507. The lowest BCUT2D eigenvalue weighted by Crippen LogP contribution is -2.45. The maximum Gasteiger partial charge on any atom is 0.320 e. The van der Waals surface area contributed by atoms with E-state index in [2.05, 4.69) is 6.92 Å². The number of hydrogen-bond donors (Lipinski definition) is 1. The summed E-state index contributed by atoms with van der Waals surface area (Å²) in [5, 5.41) is 9.19. The molecular formula is C13H20N2O3. The lowest BCUT2D eigenvalue weighted by molar-refractivity contribution is -0.142. The summed E-state index contributed by atoms with van der Waals surface area (Å²) in [6.45, 7) is 3.81. The Kier molecular flexibility index (Phi) is 2.72. The van der Waals surface area contributed by atoms with Crippen LogP contribution in [0.4, 0.5) is 4.79 Å². The summed E-state index contributed by atoms with van der Waals surface area (Å²) in [6, 6.07) is 0.186. The van der Waals surface area contributed by atoms with Gasteiger partial charge in [0.25, 0.3) is 0 Å². The van der Waals surface area contributed by atoms with E-state index in [1.807, 2.05) is 9.80 Å². The minimum Gasteiger partial charge on any atom is -0.481 e. The average Bonchev–Trinajstić information content (AvgIpc) is 3.01. The van der Waals surface area contributed by atoms with Crippen LogP contribution in [0, 0.1) is 11.8 Å². The Balaban J connectivity index is 1.73. The van der Waals surface area contributed by atoms with Crippen LogP contribution in [0.2, 0.25) is 0 Å². The zero-order chi connectivity index (χ0) is 12.9. The third kappa shape index (κ3) is 1.68. The van der Waals surface area contributed by atoms with Crippen LogP contribution in [-0.4, -0.2) is 52.1 Å². The Hall–Kier alpha value is -1.26. The zero-order valence-electron chi connectivity index (χ0n) is 10.7. The molecule has 100 valence electrons. The van der Waals surface area contributed by atoms with Gasteiger partial charge in [0.2, 0.25) is 0 Å². The summed E-state index contributed by atoms with van der Waals surface area (Å²) in [4.78, 5) is 27.4. The van der Waals surface area contributed by atoms with E-state index in [1.54, 1.807) is 0 Å². The molecule has 2 amide bonds. The van der Waals surface area contributed by atoms with E-state index in [9.17, 15) is 14.7 Å². The third-order valence-corrected chi connectivity index (χ3v) is 4.77. The first-order valence-corrected chi connectivity index (χ1v) is 6.88. The predicted molar refractivity (Wildman–Crippen MR) is 65.1 cm³/mol. The van der Waals surface area contributed by atoms with Gasteiger partial charge in [-0.1, -0.05) is 6.92 Å². The molecule has 3 rings (SSSR count). The summed E-state index contributed by atoms with van der Waals surface area (Å²) < 4.78 is 0. The van der Waals surface area contributed by atoms with Crippen molar-refractivity contribution in [2.75, 3.05) is 13.1 Å². The van der Waals surface area contributed by atoms with E-state index in [4.69, 9.17) is 0 Å². The maximum atomic E-state index is 12.5. The summed E-state index contributed by atoms with van der Waals surface area (Å²) in [6.07, 6.45) is 3.55. The van der Waals surface area contributed by atoms with Gasteiger partial charge in [-0.3, -0.25) is 4.79 Å². The van der Waals surface area contributed by atoms with Crippen LogP contribution in [0.1, 0.15) is 32.6 Å². The predicted octanol–water partition coefficient (Wildman–Crippen LogP) is 1.39. The van der Waals surface area contributed by atoms with E-state index in [0.717, 1.165) is 32.4 Å². The normalized spacial score (nSPS) is 38.5. The molecule has 0 aromatic carbocycles. The lowest BCUT2D eigenvalue weighted by atomic mass is 9.89. The van der Waals surface area contributed by atoms with Gasteiger partial charge in [-0.2, -0.15) is 0 Å². The SMILES string of the molecule is CC1CCN(C(=O)N2C3CCC2C(C(=O)O)C3)C1. The van der Waals surface area contributed by atoms with Gasteiger partial charge in [0, 0.05) is 25.2 Å². The van der Waals surface area contributed by atoms with Crippen molar-refractivity contribution in [2.24, 2.45) is 11.8 Å². The average molecular weight is 252 g/mol. The number of nitrogens with zero attached hydrogens (tertiary/aromatic N) is 2. The number of carbonyl (C=O) groups is 2. The molecule has 3 heterocycles. The van der Waals surface area contributed by atoms with E-state index >= 15 is 0 Å². The number of carboxylic acid groups (broad SMARTS) is 1. The van der Waals surface area contributed by atoms with Crippen molar-refractivity contribution in [2.45, 2.75) is 44.7 Å². The molecule has 3 aliphatic rings. The van der Waals surface area contributed by atoms with Gasteiger partial charge in [0.15, 0.2) is 0 Å². The van der Waals surface area contributed by atoms with Crippen molar-refractivity contribution in [1.29, 1.82) is 0 Å². The Labute approximate surface area is 107 Å². The molecule has 1 N–H and O–H groups in total. The smallest absolute Gasteiger partial charge is 0.320 e. The van der Waals surface area contributed by atoms with Gasteiger partial charge in [-0.25, -0.2) is 4.79 Å². The Morgan fingerprint density at radius 1 is 1.22 bits per heavy atom. The van der Waals surface area contributed by atoms with E-state index in [1.165, 1.54) is 0 Å². The second kappa shape index (κ2) is 4.14. The number of amides is 2. The van der Waals surface area contributed by atoms with Gasteiger partial charge < -0.3 is 14.9 Å². The molecule has 3 saturated heterocycles. The van der Waals surface area contributed by atoms with Crippen LogP contribution in [0.15, 0.2) is 0 Å². The number of carbonyl (C=O) groups excluding carboxylic acids is 1. The van der Waals surface area contributed by atoms with Crippen LogP contribution in [0.5, 0.6) is 0 Å². The van der Waals surface area contributed by atoms with Crippen molar-refractivity contribution in [3.05, 3.63) is 0 Å². The number of aliphatic carboxylic acids is 1. The van der Waals surface area contributed by atoms with Crippen LogP contribution < -0.4 is 0 Å². The number of carboxylic acids is 1. The first-order chi connectivity index (χ1) is 8.58. The number of hydrogen-bond acceptors (Lipinski definition) is 2. The lowest BCUT2D eigenvalue weighted by Gasteiger charge is -2.28. The molecule has 4 atom stereocenters. The topological polar surface area (TPSA) is 60.9 Å². The second-order valence-electron chi connectivity index (χ2n) is 6.01. The van der Waals surface area contributed by atoms with Crippen molar-refractivity contribution in [3.8, 4) is 0 Å². The zero-order valence-corrected chi connectivity index (χ0v) is 10.7. The minimum atomic E-state index is -0.741. The molecule has 18 heavy (non-hydrogen) atoms. The molecule has 0 spiro atoms. The van der Waals surface area contributed by atoms with E-state index < -0.39 is 5.97 Å². The molecular weight excluding hydrogens is 232 g/mol. The second-order valence-corrected chi connectivity index (χ2v) is 6.01. The first kappa shape index (κ1) is 11.8. The molecule has 0 aromatic rings. The van der Waals surface area contributed by atoms with Crippen molar-refractivity contribution in [1.82, 2.24) is 9.80 Å². The first-order valence-electron chi connectivity index (χ1n) is 6.88. The van der Waals surface area contributed by atoms with Crippen LogP contribution in [0.3, 0.4) is 0 Å². The monoisotopic (exact) mass is 252 g/mol. The van der Waals surface area contributed by atoms with Gasteiger partial charge in [-0.15, -0.1) is 0 Å². The van der Waals surface area contributed by atoms with Gasteiger partial charge in [0.1, 0.15) is 0 Å². The Morgan fingerprint density at radius 2 is 2.00 bits per heavy atom. The molecule has 0 radical (unpaired) electrons. The fourth-order valence-electron chi connectivity index (χ4n) is 3.82. The highest BCUT2D eigenvalue weighted by molar-refractivity contribution is 5.79. The largest absolute Gasteiger partial charge is 0.481 e. The molecule has 4 unspecified atom stereocenters. The number of fused-ring (bicyclic) bond motifs is 2. The van der Waals surface area contributed by atoms with Crippen LogP contribution >= 0.6 is 0 Å².